The molecule has 0 radical (unpaired) electrons. The van der Waals surface area contributed by atoms with Gasteiger partial charge in [-0.15, -0.1) is 0 Å². The largest absolute Gasteiger partial charge is 0.316 e. The number of carbonyl (C=O) groups excluding carboxylic acids is 1. The van der Waals surface area contributed by atoms with Crippen LogP contribution in [-0.4, -0.2) is 49.6 Å². The zero-order chi connectivity index (χ0) is 13.9. The third kappa shape index (κ3) is 2.58. The maximum atomic E-state index is 12.7. The predicted octanol–water partition coefficient (Wildman–Crippen LogP) is 1.48. The Morgan fingerprint density at radius 1 is 1.15 bits per heavy atom. The van der Waals surface area contributed by atoms with Gasteiger partial charge in [-0.25, -0.2) is 0 Å². The van der Waals surface area contributed by atoms with E-state index in [0.717, 1.165) is 31.7 Å². The van der Waals surface area contributed by atoms with E-state index in [4.69, 9.17) is 0 Å². The van der Waals surface area contributed by atoms with Gasteiger partial charge in [0.05, 0.1) is 6.04 Å². The number of amides is 1. The number of likely N-dealkylation sites (N-methyl/N-ethyl adjacent to an activating group) is 1. The number of nitrogens with one attached hydrogen (secondary N) is 1. The minimum atomic E-state index is 0.0753. The fraction of sp³-hybridized carbons (Fsp3) is 0.562. The molecule has 0 aliphatic carbocycles. The van der Waals surface area contributed by atoms with Gasteiger partial charge >= 0.3 is 0 Å². The van der Waals surface area contributed by atoms with Gasteiger partial charge in [0.15, 0.2) is 0 Å². The Kier molecular flexibility index (Phi) is 4.03. The predicted molar refractivity (Wildman–Crippen MR) is 80.9 cm³/mol. The minimum Gasteiger partial charge on any atom is -0.316 e. The van der Waals surface area contributed by atoms with E-state index in [1.165, 1.54) is 12.8 Å². The SMILES string of the molecule is CNC1CCCN(C2CCN(c3ccccc3)C2=O)C1. The Bertz CT molecular complexity index is 462. The number of carbonyl (C=O) groups is 1. The van der Waals surface area contributed by atoms with Crippen LogP contribution in [0.5, 0.6) is 0 Å². The molecule has 1 amide bonds. The molecule has 0 aromatic heterocycles. The lowest BCUT2D eigenvalue weighted by Crippen LogP contribution is -2.51. The van der Waals surface area contributed by atoms with E-state index in [0.29, 0.717) is 6.04 Å². The summed E-state index contributed by atoms with van der Waals surface area (Å²) in [4.78, 5) is 17.0. The Morgan fingerprint density at radius 3 is 2.70 bits per heavy atom. The first-order valence-corrected chi connectivity index (χ1v) is 7.57. The molecule has 4 nitrogen and oxygen atoms in total. The molecule has 0 bridgehead atoms. The van der Waals surface area contributed by atoms with Crippen LogP contribution in [0, 0.1) is 0 Å². The average molecular weight is 273 g/mol. The molecule has 2 saturated heterocycles. The Balaban J connectivity index is 1.69. The highest BCUT2D eigenvalue weighted by atomic mass is 16.2. The van der Waals surface area contributed by atoms with Gasteiger partial charge in [0.2, 0.25) is 5.91 Å². The number of likely N-dealkylation sites (tertiary alicyclic amines) is 1. The fourth-order valence-electron chi connectivity index (χ4n) is 3.39. The zero-order valence-electron chi connectivity index (χ0n) is 12.1. The minimum absolute atomic E-state index is 0.0753. The first-order valence-electron chi connectivity index (χ1n) is 7.57. The van der Waals surface area contributed by atoms with E-state index < -0.39 is 0 Å². The van der Waals surface area contributed by atoms with E-state index in [9.17, 15) is 4.79 Å². The van der Waals surface area contributed by atoms with Crippen molar-refractivity contribution in [1.82, 2.24) is 10.2 Å². The molecule has 1 aromatic rings. The summed E-state index contributed by atoms with van der Waals surface area (Å²) in [6, 6.07) is 10.6. The van der Waals surface area contributed by atoms with E-state index in [-0.39, 0.29) is 11.9 Å². The summed E-state index contributed by atoms with van der Waals surface area (Å²) in [5.74, 6) is 0.271. The molecule has 4 heteroatoms. The van der Waals surface area contributed by atoms with Crippen molar-refractivity contribution in [1.29, 1.82) is 0 Å². The number of rotatable bonds is 3. The number of hydrogen-bond donors (Lipinski definition) is 1. The Labute approximate surface area is 120 Å². The molecule has 2 aliphatic rings. The van der Waals surface area contributed by atoms with Gasteiger partial charge < -0.3 is 10.2 Å². The van der Waals surface area contributed by atoms with Crippen LogP contribution in [0.25, 0.3) is 0 Å². The number of benzene rings is 1. The lowest BCUT2D eigenvalue weighted by molar-refractivity contribution is -0.122. The molecule has 108 valence electrons. The van der Waals surface area contributed by atoms with Crippen LogP contribution >= 0.6 is 0 Å². The van der Waals surface area contributed by atoms with Gasteiger partial charge in [-0.3, -0.25) is 9.69 Å². The quantitative estimate of drug-likeness (QED) is 0.906. The van der Waals surface area contributed by atoms with Crippen LogP contribution in [0.3, 0.4) is 0 Å². The standard InChI is InChI=1S/C16H23N3O/c1-17-13-6-5-10-18(12-13)15-9-11-19(16(15)20)14-7-3-2-4-8-14/h2-4,7-8,13,15,17H,5-6,9-12H2,1H3. The number of hydrogen-bond acceptors (Lipinski definition) is 3. The van der Waals surface area contributed by atoms with Crippen LogP contribution in [-0.2, 0) is 4.79 Å². The lowest BCUT2D eigenvalue weighted by atomic mass is 10.0. The van der Waals surface area contributed by atoms with E-state index in [2.05, 4.69) is 10.2 Å². The van der Waals surface area contributed by atoms with E-state index in [1.807, 2.05) is 42.3 Å². The normalized spacial score (nSPS) is 28.1. The molecular formula is C16H23N3O. The van der Waals surface area contributed by atoms with E-state index >= 15 is 0 Å². The van der Waals surface area contributed by atoms with Crippen LogP contribution in [0.15, 0.2) is 30.3 Å². The summed E-state index contributed by atoms with van der Waals surface area (Å²) >= 11 is 0. The fourth-order valence-corrected chi connectivity index (χ4v) is 3.39. The number of piperidine rings is 1. The van der Waals surface area contributed by atoms with Gasteiger partial charge in [-0.2, -0.15) is 0 Å². The third-order valence-electron chi connectivity index (χ3n) is 4.55. The second kappa shape index (κ2) is 5.94. The van der Waals surface area contributed by atoms with E-state index in [1.54, 1.807) is 0 Å². The molecule has 3 rings (SSSR count). The monoisotopic (exact) mass is 273 g/mol. The molecule has 2 unspecified atom stereocenters. The molecule has 2 aliphatic heterocycles. The molecular weight excluding hydrogens is 250 g/mol. The van der Waals surface area contributed by atoms with Crippen molar-refractivity contribution in [3.8, 4) is 0 Å². The summed E-state index contributed by atoms with van der Waals surface area (Å²) in [5.41, 5.74) is 1.03. The van der Waals surface area contributed by atoms with Gasteiger partial charge in [0.25, 0.3) is 0 Å². The summed E-state index contributed by atoms with van der Waals surface area (Å²) in [7, 11) is 2.01. The maximum Gasteiger partial charge on any atom is 0.244 e. The number of nitrogens with zero attached hydrogens (tertiary/aromatic N) is 2. The van der Waals surface area contributed by atoms with Gasteiger partial charge in [-0.05, 0) is 45.0 Å². The van der Waals surface area contributed by atoms with Crippen molar-refractivity contribution in [3.05, 3.63) is 30.3 Å². The van der Waals surface area contributed by atoms with Crippen molar-refractivity contribution in [2.24, 2.45) is 0 Å². The van der Waals surface area contributed by atoms with Crippen molar-refractivity contribution in [2.45, 2.75) is 31.3 Å². The Morgan fingerprint density at radius 2 is 1.95 bits per heavy atom. The highest BCUT2D eigenvalue weighted by Crippen LogP contribution is 2.26. The molecule has 1 N–H and O–H groups in total. The van der Waals surface area contributed by atoms with Crippen LogP contribution in [0.1, 0.15) is 19.3 Å². The second-order valence-corrected chi connectivity index (χ2v) is 5.75. The molecule has 2 fully saturated rings. The zero-order valence-corrected chi connectivity index (χ0v) is 12.1. The average Bonchev–Trinajstić information content (AvgIpc) is 2.90. The van der Waals surface area contributed by atoms with Crippen LogP contribution in [0.2, 0.25) is 0 Å². The molecule has 2 heterocycles. The summed E-state index contributed by atoms with van der Waals surface area (Å²) < 4.78 is 0. The van der Waals surface area contributed by atoms with Crippen LogP contribution in [0.4, 0.5) is 5.69 Å². The summed E-state index contributed by atoms with van der Waals surface area (Å²) in [6.07, 6.45) is 3.35. The summed E-state index contributed by atoms with van der Waals surface area (Å²) in [6.45, 7) is 2.89. The van der Waals surface area contributed by atoms with Gasteiger partial charge in [0, 0.05) is 24.8 Å². The van der Waals surface area contributed by atoms with Crippen LogP contribution < -0.4 is 10.2 Å². The van der Waals surface area contributed by atoms with Crippen molar-refractivity contribution < 1.29 is 4.79 Å². The molecule has 2 atom stereocenters. The Hall–Kier alpha value is -1.39. The second-order valence-electron chi connectivity index (χ2n) is 5.75. The number of para-hydroxylation sites is 1. The topological polar surface area (TPSA) is 35.6 Å². The van der Waals surface area contributed by atoms with Crippen molar-refractivity contribution >= 4 is 11.6 Å². The first kappa shape index (κ1) is 13.6. The highest BCUT2D eigenvalue weighted by molar-refractivity contribution is 5.99. The van der Waals surface area contributed by atoms with Gasteiger partial charge in [-0.1, -0.05) is 18.2 Å². The van der Waals surface area contributed by atoms with Gasteiger partial charge in [0.1, 0.15) is 0 Å². The molecule has 1 aromatic carbocycles. The smallest absolute Gasteiger partial charge is 0.244 e. The van der Waals surface area contributed by atoms with Crippen molar-refractivity contribution in [2.75, 3.05) is 31.6 Å². The number of anilines is 1. The van der Waals surface area contributed by atoms with Crippen molar-refractivity contribution in [3.63, 3.8) is 0 Å². The molecule has 20 heavy (non-hydrogen) atoms. The highest BCUT2D eigenvalue weighted by Gasteiger charge is 2.38. The molecule has 0 saturated carbocycles. The maximum absolute atomic E-state index is 12.7. The third-order valence-corrected chi connectivity index (χ3v) is 4.55. The molecule has 0 spiro atoms. The lowest BCUT2D eigenvalue weighted by Gasteiger charge is -2.35. The first-order chi connectivity index (χ1) is 9.79. The summed E-state index contributed by atoms with van der Waals surface area (Å²) in [5, 5.41) is 3.35.